The van der Waals surface area contributed by atoms with Crippen LogP contribution in [0.2, 0.25) is 0 Å². The summed E-state index contributed by atoms with van der Waals surface area (Å²) >= 11 is 0. The molecule has 128 valence electrons. The Kier molecular flexibility index (Phi) is 3.88. The van der Waals surface area contributed by atoms with Gasteiger partial charge in [0.25, 0.3) is 11.6 Å². The molecular formula is C14H16N4O5S. The number of nitrogens with two attached hydrogens (primary N) is 1. The van der Waals surface area contributed by atoms with Gasteiger partial charge in [-0.3, -0.25) is 10.1 Å². The summed E-state index contributed by atoms with van der Waals surface area (Å²) in [5, 5.41) is 14.9. The first-order valence-corrected chi connectivity index (χ1v) is 9.21. The van der Waals surface area contributed by atoms with E-state index in [1.165, 1.54) is 12.1 Å². The van der Waals surface area contributed by atoms with E-state index in [1.807, 2.05) is 0 Å². The third-order valence-electron chi connectivity index (χ3n) is 4.14. The first-order valence-electron chi connectivity index (χ1n) is 7.32. The summed E-state index contributed by atoms with van der Waals surface area (Å²) in [6.45, 7) is 0. The molecule has 1 saturated carbocycles. The third-order valence-corrected chi connectivity index (χ3v) is 5.24. The van der Waals surface area contributed by atoms with Gasteiger partial charge in [-0.2, -0.15) is 4.98 Å². The molecule has 2 aromatic rings. The number of rotatable bonds is 4. The van der Waals surface area contributed by atoms with Gasteiger partial charge in [0.05, 0.1) is 15.4 Å². The number of non-ortho nitro benzene ring substituents is 1. The average molecular weight is 352 g/mol. The minimum atomic E-state index is -3.63. The Bertz CT molecular complexity index is 900. The minimum Gasteiger partial charge on any atom is -0.334 e. The molecule has 1 aromatic carbocycles. The lowest BCUT2D eigenvalue weighted by Crippen LogP contribution is -2.34. The van der Waals surface area contributed by atoms with E-state index in [9.17, 15) is 18.5 Å². The van der Waals surface area contributed by atoms with Crippen molar-refractivity contribution in [2.24, 2.45) is 5.73 Å². The zero-order valence-electron chi connectivity index (χ0n) is 12.9. The fourth-order valence-corrected chi connectivity index (χ4v) is 3.47. The number of sulfone groups is 1. The topological polar surface area (TPSA) is 142 Å². The maximum absolute atomic E-state index is 11.7. The molecule has 24 heavy (non-hydrogen) atoms. The Balaban J connectivity index is 2.08. The molecule has 0 unspecified atom stereocenters. The van der Waals surface area contributed by atoms with E-state index in [0.29, 0.717) is 5.82 Å². The fourth-order valence-electron chi connectivity index (χ4n) is 2.80. The van der Waals surface area contributed by atoms with Crippen molar-refractivity contribution in [2.45, 2.75) is 36.1 Å². The summed E-state index contributed by atoms with van der Waals surface area (Å²) in [6, 6.07) is 3.47. The molecular weight excluding hydrogens is 336 g/mol. The van der Waals surface area contributed by atoms with Crippen LogP contribution in [0.25, 0.3) is 11.5 Å². The lowest BCUT2D eigenvalue weighted by Gasteiger charge is -2.17. The van der Waals surface area contributed by atoms with E-state index in [0.717, 1.165) is 38.0 Å². The zero-order valence-corrected chi connectivity index (χ0v) is 13.7. The summed E-state index contributed by atoms with van der Waals surface area (Å²) in [5.74, 6) is 0.345. The second-order valence-electron chi connectivity index (χ2n) is 6.03. The van der Waals surface area contributed by atoms with E-state index in [4.69, 9.17) is 10.3 Å². The van der Waals surface area contributed by atoms with Gasteiger partial charge in [0.1, 0.15) is 0 Å². The Hall–Kier alpha value is -2.33. The highest BCUT2D eigenvalue weighted by atomic mass is 32.2. The second kappa shape index (κ2) is 5.64. The van der Waals surface area contributed by atoms with Crippen molar-refractivity contribution >= 4 is 15.5 Å². The molecule has 10 heteroatoms. The molecule has 1 aliphatic rings. The van der Waals surface area contributed by atoms with Gasteiger partial charge in [0, 0.05) is 24.0 Å². The van der Waals surface area contributed by atoms with E-state index < -0.39 is 20.3 Å². The highest BCUT2D eigenvalue weighted by Gasteiger charge is 2.36. The lowest BCUT2D eigenvalue weighted by molar-refractivity contribution is -0.385. The average Bonchev–Trinajstić information content (AvgIpc) is 3.15. The van der Waals surface area contributed by atoms with Crippen LogP contribution in [-0.4, -0.2) is 29.7 Å². The van der Waals surface area contributed by atoms with Crippen LogP contribution in [0.4, 0.5) is 5.69 Å². The van der Waals surface area contributed by atoms with E-state index in [1.54, 1.807) is 0 Å². The molecule has 0 saturated heterocycles. The molecule has 1 aliphatic carbocycles. The number of nitro benzene ring substituents is 1. The van der Waals surface area contributed by atoms with E-state index in [2.05, 4.69) is 10.1 Å². The van der Waals surface area contributed by atoms with Crippen LogP contribution in [0.15, 0.2) is 27.6 Å². The predicted molar refractivity (Wildman–Crippen MR) is 83.8 cm³/mol. The SMILES string of the molecule is CS(=O)(=O)c1cc(-c2nc(C3(N)CCCC3)no2)cc([N+](=O)[O-])c1. The standard InChI is InChI=1S/C14H16N4O5S/c1-24(21,22)11-7-9(6-10(8-11)18(19)20)12-16-13(17-23-12)14(15)4-2-3-5-14/h6-8H,2-5,15H2,1H3. The van der Waals surface area contributed by atoms with Crippen LogP contribution in [0.3, 0.4) is 0 Å². The Morgan fingerprint density at radius 3 is 2.54 bits per heavy atom. The number of hydrogen-bond acceptors (Lipinski definition) is 8. The lowest BCUT2D eigenvalue weighted by atomic mass is 9.99. The molecule has 3 rings (SSSR count). The normalized spacial score (nSPS) is 17.1. The largest absolute Gasteiger partial charge is 0.334 e. The van der Waals surface area contributed by atoms with Crippen LogP contribution < -0.4 is 5.73 Å². The van der Waals surface area contributed by atoms with Crippen molar-refractivity contribution in [1.82, 2.24) is 10.1 Å². The summed E-state index contributed by atoms with van der Waals surface area (Å²) in [4.78, 5) is 14.4. The van der Waals surface area contributed by atoms with Crippen molar-refractivity contribution in [1.29, 1.82) is 0 Å². The van der Waals surface area contributed by atoms with Crippen LogP contribution >= 0.6 is 0 Å². The van der Waals surface area contributed by atoms with Gasteiger partial charge in [-0.25, -0.2) is 8.42 Å². The van der Waals surface area contributed by atoms with Crippen LogP contribution in [0.1, 0.15) is 31.5 Å². The highest BCUT2D eigenvalue weighted by molar-refractivity contribution is 7.90. The Morgan fingerprint density at radius 1 is 1.29 bits per heavy atom. The van der Waals surface area contributed by atoms with Crippen LogP contribution in [-0.2, 0) is 15.4 Å². The monoisotopic (exact) mass is 352 g/mol. The number of nitro groups is 1. The summed E-state index contributed by atoms with van der Waals surface area (Å²) < 4.78 is 28.7. The smallest absolute Gasteiger partial charge is 0.271 e. The van der Waals surface area contributed by atoms with Gasteiger partial charge in [-0.15, -0.1) is 0 Å². The molecule has 1 heterocycles. The minimum absolute atomic E-state index is 0.00956. The van der Waals surface area contributed by atoms with Gasteiger partial charge in [0.2, 0.25) is 0 Å². The highest BCUT2D eigenvalue weighted by Crippen LogP contribution is 2.36. The van der Waals surface area contributed by atoms with Crippen molar-refractivity contribution in [3.05, 3.63) is 34.1 Å². The molecule has 1 fully saturated rings. The van der Waals surface area contributed by atoms with Gasteiger partial charge < -0.3 is 10.3 Å². The Labute approximate surface area is 137 Å². The van der Waals surface area contributed by atoms with Gasteiger partial charge in [-0.05, 0) is 18.9 Å². The maximum atomic E-state index is 11.7. The molecule has 0 radical (unpaired) electrons. The molecule has 0 aliphatic heterocycles. The summed E-state index contributed by atoms with van der Waals surface area (Å²) in [7, 11) is -3.63. The summed E-state index contributed by atoms with van der Waals surface area (Å²) in [5.41, 5.74) is 5.40. The van der Waals surface area contributed by atoms with Crippen molar-refractivity contribution < 1.29 is 17.9 Å². The van der Waals surface area contributed by atoms with E-state index in [-0.39, 0.29) is 22.0 Å². The van der Waals surface area contributed by atoms with Gasteiger partial charge in [-0.1, -0.05) is 18.0 Å². The number of benzene rings is 1. The fraction of sp³-hybridized carbons (Fsp3) is 0.429. The molecule has 0 spiro atoms. The molecule has 2 N–H and O–H groups in total. The van der Waals surface area contributed by atoms with Crippen LogP contribution in [0, 0.1) is 10.1 Å². The first-order chi connectivity index (χ1) is 11.2. The quantitative estimate of drug-likeness (QED) is 0.648. The second-order valence-corrected chi connectivity index (χ2v) is 8.05. The molecule has 1 aromatic heterocycles. The third kappa shape index (κ3) is 3.02. The Morgan fingerprint density at radius 2 is 1.96 bits per heavy atom. The van der Waals surface area contributed by atoms with Gasteiger partial charge in [0.15, 0.2) is 15.7 Å². The van der Waals surface area contributed by atoms with Crippen molar-refractivity contribution in [3.8, 4) is 11.5 Å². The van der Waals surface area contributed by atoms with E-state index >= 15 is 0 Å². The van der Waals surface area contributed by atoms with Gasteiger partial charge >= 0.3 is 0 Å². The predicted octanol–water partition coefficient (Wildman–Crippen LogP) is 1.78. The number of aromatic nitrogens is 2. The number of hydrogen-bond donors (Lipinski definition) is 1. The van der Waals surface area contributed by atoms with Crippen molar-refractivity contribution in [3.63, 3.8) is 0 Å². The van der Waals surface area contributed by atoms with Crippen molar-refractivity contribution in [2.75, 3.05) is 6.26 Å². The first kappa shape index (κ1) is 16.5. The molecule has 0 atom stereocenters. The molecule has 0 bridgehead atoms. The molecule has 9 nitrogen and oxygen atoms in total. The zero-order chi connectivity index (χ0) is 17.5. The molecule has 0 amide bonds. The number of nitrogens with zero attached hydrogens (tertiary/aromatic N) is 3. The maximum Gasteiger partial charge on any atom is 0.271 e. The van der Waals surface area contributed by atoms with Crippen LogP contribution in [0.5, 0.6) is 0 Å². The summed E-state index contributed by atoms with van der Waals surface area (Å²) in [6.07, 6.45) is 4.37.